The van der Waals surface area contributed by atoms with Crippen molar-refractivity contribution >= 4 is 28.3 Å². The highest BCUT2D eigenvalue weighted by Gasteiger charge is 2.58. The first-order chi connectivity index (χ1) is 17.0. The highest BCUT2D eigenvalue weighted by molar-refractivity contribution is 5.96. The topological polar surface area (TPSA) is 107 Å². The number of fused-ring (bicyclic) bond motifs is 2. The van der Waals surface area contributed by atoms with Crippen molar-refractivity contribution < 1.29 is 23.4 Å². The standard InChI is InChI=1S/C24H22FN5O5/c25-14-9-27-15-3-5-20(32)29-10-17(21(14)22(15)29)26-7-1-6-24-12-30(23(34-24)35-24)13-2-4-18-16(8-13)28-19(31)11-33-18/h2-5,8-9,17,23,26H,1,6-7,10-12H2,(H,28,31). The molecule has 8 rings (SSSR count). The van der Waals surface area contributed by atoms with Crippen molar-refractivity contribution in [3.8, 4) is 5.75 Å². The van der Waals surface area contributed by atoms with Crippen LogP contribution in [0.25, 0.3) is 11.0 Å². The van der Waals surface area contributed by atoms with E-state index < -0.39 is 18.0 Å². The van der Waals surface area contributed by atoms with Gasteiger partial charge in [0, 0.05) is 30.3 Å². The number of anilines is 2. The Kier molecular flexibility index (Phi) is 4.44. The van der Waals surface area contributed by atoms with E-state index in [-0.39, 0.29) is 24.1 Å². The van der Waals surface area contributed by atoms with Crippen molar-refractivity contribution in [2.45, 2.75) is 37.6 Å². The summed E-state index contributed by atoms with van der Waals surface area (Å²) in [5, 5.41) is 6.21. The average Bonchev–Trinajstić information content (AvgIpc) is 3.51. The first-order valence-corrected chi connectivity index (χ1v) is 11.6. The fraction of sp³-hybridized carbons (Fsp3) is 0.375. The lowest BCUT2D eigenvalue weighted by Gasteiger charge is -2.37. The van der Waals surface area contributed by atoms with Gasteiger partial charge in [-0.3, -0.25) is 14.6 Å². The van der Waals surface area contributed by atoms with E-state index >= 15 is 0 Å². The van der Waals surface area contributed by atoms with E-state index in [2.05, 4.69) is 15.6 Å². The Morgan fingerprint density at radius 2 is 2.11 bits per heavy atom. The quantitative estimate of drug-likeness (QED) is 0.516. The van der Waals surface area contributed by atoms with Gasteiger partial charge in [-0.25, -0.2) is 4.39 Å². The third-order valence-electron chi connectivity index (χ3n) is 7.06. The minimum atomic E-state index is -0.688. The number of pyridine rings is 2. The smallest absolute Gasteiger partial charge is 0.262 e. The minimum absolute atomic E-state index is 0.0183. The molecule has 5 aliphatic rings. The van der Waals surface area contributed by atoms with Crippen LogP contribution < -0.4 is 25.8 Å². The molecule has 0 spiro atoms. The highest BCUT2D eigenvalue weighted by atomic mass is 19.1. The Balaban J connectivity index is 0.985. The van der Waals surface area contributed by atoms with Gasteiger partial charge in [-0.2, -0.15) is 0 Å². The molecule has 0 aliphatic carbocycles. The van der Waals surface area contributed by atoms with Gasteiger partial charge in [0.25, 0.3) is 11.5 Å². The molecule has 2 bridgehead atoms. The van der Waals surface area contributed by atoms with E-state index in [4.69, 9.17) is 14.2 Å². The van der Waals surface area contributed by atoms with Crippen molar-refractivity contribution in [3.05, 3.63) is 58.3 Å². The Morgan fingerprint density at radius 1 is 1.23 bits per heavy atom. The molecular formula is C24H22FN5O5. The van der Waals surface area contributed by atoms with Crippen molar-refractivity contribution in [1.29, 1.82) is 0 Å². The van der Waals surface area contributed by atoms with Crippen LogP contribution in [-0.4, -0.2) is 47.4 Å². The molecule has 0 saturated carbocycles. The minimum Gasteiger partial charge on any atom is -0.482 e. The van der Waals surface area contributed by atoms with Gasteiger partial charge < -0.3 is 34.3 Å². The summed E-state index contributed by atoms with van der Waals surface area (Å²) < 4.78 is 33.6. The summed E-state index contributed by atoms with van der Waals surface area (Å²) in [5.41, 5.74) is 3.04. The fourth-order valence-electron chi connectivity index (χ4n) is 5.42. The Labute approximate surface area is 198 Å². The number of carbonyl (C=O) groups excluding carboxylic acids is 1. The molecule has 10 nitrogen and oxygen atoms in total. The van der Waals surface area contributed by atoms with Gasteiger partial charge in [0.2, 0.25) is 6.41 Å². The number of ether oxygens (including phenoxy) is 3. The van der Waals surface area contributed by atoms with Crippen molar-refractivity contribution in [2.24, 2.45) is 0 Å². The second-order valence-electron chi connectivity index (χ2n) is 9.24. The zero-order chi connectivity index (χ0) is 23.7. The number of hydrogen-bond donors (Lipinski definition) is 2. The number of hydrogen-bond acceptors (Lipinski definition) is 8. The van der Waals surface area contributed by atoms with E-state index in [1.807, 2.05) is 23.1 Å². The van der Waals surface area contributed by atoms with Gasteiger partial charge in [0.1, 0.15) is 11.6 Å². The molecule has 2 aromatic heterocycles. The predicted octanol–water partition coefficient (Wildman–Crippen LogP) is 1.84. The van der Waals surface area contributed by atoms with Crippen LogP contribution in [0.15, 0.2) is 41.3 Å². The van der Waals surface area contributed by atoms with Gasteiger partial charge in [-0.1, -0.05) is 0 Å². The summed E-state index contributed by atoms with van der Waals surface area (Å²) in [7, 11) is 0. The lowest BCUT2D eigenvalue weighted by molar-refractivity contribution is -0.406. The summed E-state index contributed by atoms with van der Waals surface area (Å²) in [4.78, 5) is 30.0. The van der Waals surface area contributed by atoms with Crippen LogP contribution in [0.3, 0.4) is 0 Å². The maximum atomic E-state index is 14.6. The average molecular weight is 479 g/mol. The van der Waals surface area contributed by atoms with Crippen LogP contribution >= 0.6 is 0 Å². The molecule has 2 N–H and O–H groups in total. The zero-order valence-electron chi connectivity index (χ0n) is 18.6. The van der Waals surface area contributed by atoms with E-state index in [1.54, 1.807) is 10.6 Å². The van der Waals surface area contributed by atoms with Crippen LogP contribution in [-0.2, 0) is 20.8 Å². The molecule has 5 aliphatic heterocycles. The molecule has 180 valence electrons. The van der Waals surface area contributed by atoms with E-state index in [0.29, 0.717) is 54.1 Å². The number of nitrogens with zero attached hydrogens (tertiary/aromatic N) is 3. The van der Waals surface area contributed by atoms with E-state index in [0.717, 1.165) is 12.1 Å². The molecular weight excluding hydrogens is 457 g/mol. The van der Waals surface area contributed by atoms with Crippen LogP contribution in [0.1, 0.15) is 24.4 Å². The van der Waals surface area contributed by atoms with Crippen LogP contribution in [0.2, 0.25) is 0 Å². The number of rotatable bonds is 6. The summed E-state index contributed by atoms with van der Waals surface area (Å²) in [6.07, 6.45) is 2.15. The first-order valence-electron chi connectivity index (χ1n) is 11.6. The number of nitrogens with one attached hydrogen (secondary N) is 2. The predicted molar refractivity (Wildman–Crippen MR) is 123 cm³/mol. The number of carbonyl (C=O) groups is 1. The molecule has 1 amide bonds. The molecule has 1 aromatic carbocycles. The fourth-order valence-corrected chi connectivity index (χ4v) is 5.42. The van der Waals surface area contributed by atoms with Gasteiger partial charge >= 0.3 is 0 Å². The van der Waals surface area contributed by atoms with Gasteiger partial charge in [-0.15, -0.1) is 0 Å². The Morgan fingerprint density at radius 3 is 3.00 bits per heavy atom. The lowest BCUT2D eigenvalue weighted by atomic mass is 10.1. The molecule has 35 heavy (non-hydrogen) atoms. The normalized spacial score (nSPS) is 25.9. The van der Waals surface area contributed by atoms with Gasteiger partial charge in [0.15, 0.2) is 12.4 Å². The monoisotopic (exact) mass is 479 g/mol. The summed E-state index contributed by atoms with van der Waals surface area (Å²) in [6.45, 7) is 1.57. The second-order valence-corrected chi connectivity index (χ2v) is 9.24. The third kappa shape index (κ3) is 3.23. The van der Waals surface area contributed by atoms with Gasteiger partial charge in [0.05, 0.1) is 35.5 Å². The molecule has 1 atom stereocenters. The molecule has 3 aromatic rings. The molecule has 3 saturated heterocycles. The number of amides is 1. The molecule has 1 unspecified atom stereocenters. The SMILES string of the molecule is O=C1COc2ccc(N3CC4(CCCNC5Cn6c(=O)ccc7ncc(F)c5c76)OC3O4)cc2N1. The summed E-state index contributed by atoms with van der Waals surface area (Å²) in [6, 6.07) is 8.42. The maximum absolute atomic E-state index is 14.6. The second kappa shape index (κ2) is 7.48. The van der Waals surface area contributed by atoms with E-state index in [9.17, 15) is 14.0 Å². The maximum Gasteiger partial charge on any atom is 0.262 e. The molecule has 0 radical (unpaired) electrons. The van der Waals surface area contributed by atoms with Crippen molar-refractivity contribution in [2.75, 3.05) is 29.9 Å². The number of benzene rings is 1. The van der Waals surface area contributed by atoms with Crippen molar-refractivity contribution in [1.82, 2.24) is 14.9 Å². The number of aromatic nitrogens is 2. The van der Waals surface area contributed by atoms with Crippen molar-refractivity contribution in [3.63, 3.8) is 0 Å². The Hall–Kier alpha value is -3.54. The van der Waals surface area contributed by atoms with Gasteiger partial charge in [-0.05, 0) is 37.2 Å². The first kappa shape index (κ1) is 20.8. The van der Waals surface area contributed by atoms with E-state index in [1.165, 1.54) is 12.3 Å². The van der Waals surface area contributed by atoms with Crippen LogP contribution in [0, 0.1) is 5.82 Å². The van der Waals surface area contributed by atoms with Crippen LogP contribution in [0.4, 0.5) is 15.8 Å². The molecule has 7 heterocycles. The molecule has 3 fully saturated rings. The lowest BCUT2D eigenvalue weighted by Crippen LogP contribution is -2.47. The summed E-state index contributed by atoms with van der Waals surface area (Å²) >= 11 is 0. The van der Waals surface area contributed by atoms with Crippen LogP contribution in [0.5, 0.6) is 5.75 Å². The Bertz CT molecular complexity index is 1440. The molecule has 11 heteroatoms. The highest BCUT2D eigenvalue weighted by Crippen LogP contribution is 2.46. The zero-order valence-corrected chi connectivity index (χ0v) is 18.6. The third-order valence-corrected chi connectivity index (χ3v) is 7.06. The largest absolute Gasteiger partial charge is 0.482 e. The summed E-state index contributed by atoms with van der Waals surface area (Å²) in [5.74, 6) is -0.634. The number of halogens is 1.